The molecule has 4 aliphatic rings. The number of imide groups is 1. The molecule has 0 saturated carbocycles. The van der Waals surface area contributed by atoms with E-state index in [1.807, 2.05) is 29.2 Å². The van der Waals surface area contributed by atoms with Crippen LogP contribution in [0.15, 0.2) is 48.5 Å². The molecule has 3 fully saturated rings. The summed E-state index contributed by atoms with van der Waals surface area (Å²) in [7, 11) is 0. The van der Waals surface area contributed by atoms with Crippen LogP contribution in [0, 0.1) is 5.92 Å². The molecular weight excluding hydrogens is 524 g/mol. The monoisotopic (exact) mass is 558 g/mol. The number of ether oxygens (including phenoxy) is 1. The van der Waals surface area contributed by atoms with E-state index in [4.69, 9.17) is 4.74 Å². The third-order valence-electron chi connectivity index (χ3n) is 8.73. The first-order valence-corrected chi connectivity index (χ1v) is 14.4. The molecule has 4 atom stereocenters. The van der Waals surface area contributed by atoms with Crippen LogP contribution in [0.3, 0.4) is 0 Å². The van der Waals surface area contributed by atoms with Gasteiger partial charge in [0.1, 0.15) is 18.4 Å². The fourth-order valence-electron chi connectivity index (χ4n) is 6.54. The minimum atomic E-state index is -0.665. The molecule has 0 spiro atoms. The molecule has 0 bridgehead atoms. The number of hydrogen-bond donors (Lipinski definition) is 2. The van der Waals surface area contributed by atoms with Crippen molar-refractivity contribution in [2.75, 3.05) is 19.7 Å². The SMILES string of the molecule is O=C1CCC(N2Cc3cc(OC[C@@H]4CCCCN4C(=O)C4CCNC4C(=O)c4ccccc4)ccc3C2=O)C(=O)N1. The smallest absolute Gasteiger partial charge is 0.255 e. The van der Waals surface area contributed by atoms with E-state index in [0.717, 1.165) is 24.8 Å². The van der Waals surface area contributed by atoms with Gasteiger partial charge >= 0.3 is 0 Å². The number of nitrogens with one attached hydrogen (secondary N) is 2. The first kappa shape index (κ1) is 27.1. The number of hydrogen-bond acceptors (Lipinski definition) is 7. The zero-order chi connectivity index (χ0) is 28.5. The minimum absolute atomic E-state index is 0.00277. The number of piperidine rings is 2. The van der Waals surface area contributed by atoms with Crippen LogP contribution in [0.1, 0.15) is 64.8 Å². The molecule has 0 aliphatic carbocycles. The molecule has 10 heteroatoms. The van der Waals surface area contributed by atoms with Gasteiger partial charge in [0.2, 0.25) is 17.7 Å². The van der Waals surface area contributed by atoms with Gasteiger partial charge in [0, 0.05) is 30.6 Å². The molecule has 0 aromatic heterocycles. The predicted octanol–water partition coefficient (Wildman–Crippen LogP) is 2.07. The van der Waals surface area contributed by atoms with Gasteiger partial charge in [-0.1, -0.05) is 30.3 Å². The summed E-state index contributed by atoms with van der Waals surface area (Å²) in [5.41, 5.74) is 1.90. The fourth-order valence-corrected chi connectivity index (χ4v) is 6.54. The Balaban J connectivity index is 1.11. The number of amides is 4. The Labute approximate surface area is 238 Å². The molecule has 0 radical (unpaired) electrons. The third kappa shape index (κ3) is 5.36. The minimum Gasteiger partial charge on any atom is -0.491 e. The maximum atomic E-state index is 13.8. The second-order valence-corrected chi connectivity index (χ2v) is 11.3. The molecule has 2 aromatic carbocycles. The molecule has 6 rings (SSSR count). The number of rotatable bonds is 7. The zero-order valence-electron chi connectivity index (χ0n) is 22.8. The summed E-state index contributed by atoms with van der Waals surface area (Å²) in [5, 5.41) is 5.58. The van der Waals surface area contributed by atoms with Gasteiger partial charge < -0.3 is 19.9 Å². The number of likely N-dealkylation sites (tertiary alicyclic amines) is 1. The summed E-state index contributed by atoms with van der Waals surface area (Å²) < 4.78 is 6.18. The van der Waals surface area contributed by atoms with Crippen molar-refractivity contribution in [3.8, 4) is 5.75 Å². The van der Waals surface area contributed by atoms with Crippen molar-refractivity contribution in [2.24, 2.45) is 5.92 Å². The molecule has 3 saturated heterocycles. The van der Waals surface area contributed by atoms with Gasteiger partial charge in [0.25, 0.3) is 5.91 Å². The van der Waals surface area contributed by atoms with Crippen LogP contribution in [0.4, 0.5) is 0 Å². The number of fused-ring (bicyclic) bond motifs is 1. The first-order chi connectivity index (χ1) is 19.9. The average molecular weight is 559 g/mol. The Morgan fingerprint density at radius 2 is 1.80 bits per heavy atom. The molecule has 2 aromatic rings. The second-order valence-electron chi connectivity index (χ2n) is 11.3. The van der Waals surface area contributed by atoms with Crippen molar-refractivity contribution in [1.82, 2.24) is 20.4 Å². The lowest BCUT2D eigenvalue weighted by Crippen LogP contribution is -2.52. The van der Waals surface area contributed by atoms with E-state index in [-0.39, 0.29) is 42.5 Å². The molecule has 4 aliphatic heterocycles. The lowest BCUT2D eigenvalue weighted by atomic mass is 9.90. The Morgan fingerprint density at radius 1 is 0.976 bits per heavy atom. The van der Waals surface area contributed by atoms with Crippen molar-refractivity contribution in [3.05, 3.63) is 65.2 Å². The Hall–Kier alpha value is -4.05. The number of nitrogens with zero attached hydrogens (tertiary/aromatic N) is 2. The van der Waals surface area contributed by atoms with E-state index in [0.29, 0.717) is 49.4 Å². The summed E-state index contributed by atoms with van der Waals surface area (Å²) in [6, 6.07) is 13.1. The highest BCUT2D eigenvalue weighted by atomic mass is 16.5. The maximum Gasteiger partial charge on any atom is 0.255 e. The fraction of sp³-hybridized carbons (Fsp3) is 0.452. The van der Waals surface area contributed by atoms with Crippen molar-refractivity contribution in [1.29, 1.82) is 0 Å². The summed E-state index contributed by atoms with van der Waals surface area (Å²) in [4.78, 5) is 67.2. The number of ketones is 1. The van der Waals surface area contributed by atoms with Gasteiger partial charge in [-0.15, -0.1) is 0 Å². The molecule has 4 amide bonds. The van der Waals surface area contributed by atoms with Crippen molar-refractivity contribution < 1.29 is 28.7 Å². The Bertz CT molecular complexity index is 1380. The van der Waals surface area contributed by atoms with E-state index in [1.54, 1.807) is 24.3 Å². The van der Waals surface area contributed by atoms with Crippen LogP contribution in [0.2, 0.25) is 0 Å². The summed E-state index contributed by atoms with van der Waals surface area (Å²) >= 11 is 0. The van der Waals surface area contributed by atoms with E-state index in [2.05, 4.69) is 10.6 Å². The van der Waals surface area contributed by atoms with E-state index in [1.165, 1.54) is 4.90 Å². The standard InChI is InChI=1S/C31H34N4O6/c36-26-12-11-25(29(38)33-26)35-17-20-16-22(9-10-23(20)30(35)39)41-18-21-8-4-5-15-34(21)31(40)24-13-14-32-27(24)28(37)19-6-2-1-3-7-19/h1-3,6-7,9-10,16,21,24-25,27,32H,4-5,8,11-15,17-18H2,(H,33,36,38)/t21-,24?,25?,27?/m0/s1. The maximum absolute atomic E-state index is 13.8. The second kappa shape index (κ2) is 11.4. The number of carbonyl (C=O) groups is 5. The van der Waals surface area contributed by atoms with Crippen LogP contribution in [-0.4, -0.2) is 77.0 Å². The molecular formula is C31H34N4O6. The Kier molecular flexibility index (Phi) is 7.57. The highest BCUT2D eigenvalue weighted by Crippen LogP contribution is 2.31. The van der Waals surface area contributed by atoms with Crippen LogP contribution < -0.4 is 15.4 Å². The van der Waals surface area contributed by atoms with Gasteiger partial charge in [-0.3, -0.25) is 29.3 Å². The van der Waals surface area contributed by atoms with Gasteiger partial charge in [-0.25, -0.2) is 0 Å². The normalized spacial score (nSPS) is 26.1. The molecule has 41 heavy (non-hydrogen) atoms. The molecule has 214 valence electrons. The average Bonchev–Trinajstić information content (AvgIpc) is 3.61. The summed E-state index contributed by atoms with van der Waals surface area (Å²) in [6.07, 6.45) is 3.86. The van der Waals surface area contributed by atoms with Gasteiger partial charge in [0.05, 0.1) is 18.0 Å². The van der Waals surface area contributed by atoms with Crippen molar-refractivity contribution >= 4 is 29.4 Å². The lowest BCUT2D eigenvalue weighted by molar-refractivity contribution is -0.140. The van der Waals surface area contributed by atoms with Gasteiger partial charge in [-0.2, -0.15) is 0 Å². The van der Waals surface area contributed by atoms with E-state index < -0.39 is 23.9 Å². The van der Waals surface area contributed by atoms with E-state index in [9.17, 15) is 24.0 Å². The van der Waals surface area contributed by atoms with Crippen LogP contribution >= 0.6 is 0 Å². The summed E-state index contributed by atoms with van der Waals surface area (Å²) in [5.74, 6) is -0.848. The van der Waals surface area contributed by atoms with Crippen LogP contribution in [0.25, 0.3) is 0 Å². The van der Waals surface area contributed by atoms with Gasteiger partial charge in [0.15, 0.2) is 5.78 Å². The van der Waals surface area contributed by atoms with Gasteiger partial charge in [-0.05, 0) is 62.4 Å². The van der Waals surface area contributed by atoms with E-state index >= 15 is 0 Å². The topological polar surface area (TPSA) is 125 Å². The highest BCUT2D eigenvalue weighted by Gasteiger charge is 2.42. The third-order valence-corrected chi connectivity index (χ3v) is 8.73. The zero-order valence-corrected chi connectivity index (χ0v) is 22.8. The molecule has 3 unspecified atom stereocenters. The van der Waals surface area contributed by atoms with Crippen LogP contribution in [-0.2, 0) is 20.9 Å². The lowest BCUT2D eigenvalue weighted by Gasteiger charge is -2.38. The predicted molar refractivity (Wildman–Crippen MR) is 148 cm³/mol. The largest absolute Gasteiger partial charge is 0.491 e. The van der Waals surface area contributed by atoms with Crippen molar-refractivity contribution in [2.45, 2.75) is 63.2 Å². The quantitative estimate of drug-likeness (QED) is 0.394. The number of Topliss-reactive ketones (excluding diaryl/α,β-unsaturated/α-hetero) is 1. The number of benzene rings is 2. The first-order valence-electron chi connectivity index (χ1n) is 14.4. The molecule has 4 heterocycles. The summed E-state index contributed by atoms with van der Waals surface area (Å²) in [6.45, 7) is 1.84. The Morgan fingerprint density at radius 3 is 2.61 bits per heavy atom. The highest BCUT2D eigenvalue weighted by molar-refractivity contribution is 6.05. The molecule has 2 N–H and O–H groups in total. The van der Waals surface area contributed by atoms with Crippen molar-refractivity contribution in [3.63, 3.8) is 0 Å². The molecule has 10 nitrogen and oxygen atoms in total. The number of carbonyl (C=O) groups excluding carboxylic acids is 5. The van der Waals surface area contributed by atoms with Crippen LogP contribution in [0.5, 0.6) is 5.75 Å².